The minimum atomic E-state index is 0.555. The molecule has 1 heterocycles. The second-order valence-corrected chi connectivity index (χ2v) is 5.42. The van der Waals surface area contributed by atoms with E-state index in [1.807, 2.05) is 25.1 Å². The lowest BCUT2D eigenvalue weighted by molar-refractivity contribution is -0.114. The van der Waals surface area contributed by atoms with Crippen LogP contribution >= 0.6 is 0 Å². The fourth-order valence-corrected chi connectivity index (χ4v) is 2.47. The van der Waals surface area contributed by atoms with Gasteiger partial charge in [-0.25, -0.2) is 0 Å². The van der Waals surface area contributed by atoms with E-state index in [2.05, 4.69) is 22.8 Å². The normalized spacial score (nSPS) is 16.5. The molecule has 0 bridgehead atoms. The molecule has 0 spiro atoms. The average molecular weight is 285 g/mol. The molecule has 1 aliphatic heterocycles. The predicted octanol–water partition coefficient (Wildman–Crippen LogP) is 1.49. The van der Waals surface area contributed by atoms with Crippen LogP contribution in [0.2, 0.25) is 0 Å². The summed E-state index contributed by atoms with van der Waals surface area (Å²) < 4.78 is 0. The Kier molecular flexibility index (Phi) is 5.69. The first-order chi connectivity index (χ1) is 10.2. The zero-order valence-electron chi connectivity index (χ0n) is 12.7. The van der Waals surface area contributed by atoms with Crippen LogP contribution in [0.3, 0.4) is 0 Å². The second kappa shape index (κ2) is 7.74. The molecule has 0 aromatic heterocycles. The Morgan fingerprint density at radius 1 is 1.33 bits per heavy atom. The molecule has 0 atom stereocenters. The third-order valence-electron chi connectivity index (χ3n) is 3.83. The molecule has 0 saturated carbocycles. The molecule has 0 amide bonds. The van der Waals surface area contributed by atoms with Crippen LogP contribution in [0.5, 0.6) is 0 Å². The van der Waals surface area contributed by atoms with E-state index in [9.17, 15) is 0 Å². The lowest BCUT2D eigenvalue weighted by Crippen LogP contribution is -2.37. The van der Waals surface area contributed by atoms with Crippen molar-refractivity contribution in [2.75, 3.05) is 18.4 Å². The van der Waals surface area contributed by atoms with Gasteiger partial charge in [-0.05, 0) is 43.6 Å². The van der Waals surface area contributed by atoms with Crippen molar-refractivity contribution >= 4 is 23.2 Å². The van der Waals surface area contributed by atoms with E-state index in [-0.39, 0.29) is 0 Å². The number of allylic oxidation sites excluding steroid dienone is 2. The SMILES string of the molecule is CCC(=[NH2+])/C=C(\C=N)c1ccc(NC2CCNCC2)cc1. The minimum Gasteiger partial charge on any atom is -0.382 e. The standard InChI is InChI=1S/C17H24N4/c1-2-15(19)11-14(12-18)13-3-5-16(6-4-13)21-17-7-9-20-10-8-17/h3-6,11-12,17-21H,2,7-10H2,1H3/p+1/b14-11+,18-12?,19-15?. The van der Waals surface area contributed by atoms with Crippen molar-refractivity contribution in [1.82, 2.24) is 5.32 Å². The number of rotatable bonds is 6. The van der Waals surface area contributed by atoms with Crippen molar-refractivity contribution in [1.29, 1.82) is 5.41 Å². The maximum atomic E-state index is 7.54. The van der Waals surface area contributed by atoms with Crippen LogP contribution < -0.4 is 16.0 Å². The van der Waals surface area contributed by atoms with Gasteiger partial charge in [-0.15, -0.1) is 0 Å². The van der Waals surface area contributed by atoms with Gasteiger partial charge in [-0.2, -0.15) is 0 Å². The first-order valence-corrected chi connectivity index (χ1v) is 7.64. The summed E-state index contributed by atoms with van der Waals surface area (Å²) in [5, 5.41) is 20.3. The Morgan fingerprint density at radius 2 is 2.00 bits per heavy atom. The maximum Gasteiger partial charge on any atom is 0.173 e. The zero-order valence-corrected chi connectivity index (χ0v) is 12.7. The Labute approximate surface area is 126 Å². The Hall–Kier alpha value is -1.94. The van der Waals surface area contributed by atoms with Crippen LogP contribution in [-0.2, 0) is 0 Å². The molecule has 1 aromatic rings. The van der Waals surface area contributed by atoms with Gasteiger partial charge in [0.15, 0.2) is 5.71 Å². The summed E-state index contributed by atoms with van der Waals surface area (Å²) in [4.78, 5) is 0. The molecule has 21 heavy (non-hydrogen) atoms. The summed E-state index contributed by atoms with van der Waals surface area (Å²) in [7, 11) is 0. The van der Waals surface area contributed by atoms with Gasteiger partial charge in [0, 0.05) is 36.0 Å². The van der Waals surface area contributed by atoms with Crippen molar-refractivity contribution in [3.05, 3.63) is 35.9 Å². The monoisotopic (exact) mass is 285 g/mol. The number of piperidine rings is 1. The van der Waals surface area contributed by atoms with Crippen LogP contribution in [0.25, 0.3) is 5.57 Å². The fraction of sp³-hybridized carbons (Fsp3) is 0.412. The van der Waals surface area contributed by atoms with Crippen LogP contribution in [-0.4, -0.2) is 31.1 Å². The zero-order chi connectivity index (χ0) is 15.1. The van der Waals surface area contributed by atoms with E-state index < -0.39 is 0 Å². The number of hydrogen-bond donors (Lipinski definition) is 4. The third kappa shape index (κ3) is 4.53. The van der Waals surface area contributed by atoms with Gasteiger partial charge < -0.3 is 16.0 Å². The molecule has 5 N–H and O–H groups in total. The molecule has 1 saturated heterocycles. The Morgan fingerprint density at radius 3 is 2.57 bits per heavy atom. The summed E-state index contributed by atoms with van der Waals surface area (Å²) in [5.41, 5.74) is 3.81. The smallest absolute Gasteiger partial charge is 0.173 e. The summed E-state index contributed by atoms with van der Waals surface area (Å²) in [6.45, 7) is 4.19. The number of anilines is 1. The van der Waals surface area contributed by atoms with Gasteiger partial charge in [-0.1, -0.05) is 19.1 Å². The van der Waals surface area contributed by atoms with E-state index in [0.29, 0.717) is 6.04 Å². The number of hydrogen-bond acceptors (Lipinski definition) is 3. The largest absolute Gasteiger partial charge is 0.382 e. The van der Waals surface area contributed by atoms with Crippen molar-refractivity contribution in [3.8, 4) is 0 Å². The van der Waals surface area contributed by atoms with E-state index >= 15 is 0 Å². The lowest BCUT2D eigenvalue weighted by Gasteiger charge is -2.24. The predicted molar refractivity (Wildman–Crippen MR) is 89.9 cm³/mol. The Balaban J connectivity index is 2.05. The molecular formula is C17H25N4+. The first-order valence-electron chi connectivity index (χ1n) is 7.64. The molecule has 0 unspecified atom stereocenters. The first kappa shape index (κ1) is 15.4. The molecule has 0 radical (unpaired) electrons. The molecule has 0 aliphatic carbocycles. The summed E-state index contributed by atoms with van der Waals surface area (Å²) in [5.74, 6) is 0. The fourth-order valence-electron chi connectivity index (χ4n) is 2.47. The van der Waals surface area contributed by atoms with Crippen molar-refractivity contribution in [3.63, 3.8) is 0 Å². The van der Waals surface area contributed by atoms with Gasteiger partial charge in [0.25, 0.3) is 0 Å². The summed E-state index contributed by atoms with van der Waals surface area (Å²) in [6, 6.07) is 8.80. The third-order valence-corrected chi connectivity index (χ3v) is 3.83. The van der Waals surface area contributed by atoms with E-state index in [1.54, 1.807) is 0 Å². The molecule has 1 aromatic carbocycles. The van der Waals surface area contributed by atoms with Crippen molar-refractivity contribution in [2.45, 2.75) is 32.2 Å². The summed E-state index contributed by atoms with van der Waals surface area (Å²) in [6.07, 6.45) is 6.36. The van der Waals surface area contributed by atoms with Gasteiger partial charge in [-0.3, -0.25) is 5.41 Å². The van der Waals surface area contributed by atoms with E-state index in [1.165, 1.54) is 6.21 Å². The van der Waals surface area contributed by atoms with Crippen molar-refractivity contribution < 1.29 is 5.41 Å². The lowest BCUT2D eigenvalue weighted by atomic mass is 10.0. The van der Waals surface area contributed by atoms with Crippen LogP contribution in [0.15, 0.2) is 30.3 Å². The number of benzene rings is 1. The maximum absolute atomic E-state index is 7.54. The molecule has 4 nitrogen and oxygen atoms in total. The van der Waals surface area contributed by atoms with E-state index in [0.717, 1.165) is 54.9 Å². The molecule has 4 heteroatoms. The van der Waals surface area contributed by atoms with Crippen molar-refractivity contribution in [2.24, 2.45) is 0 Å². The second-order valence-electron chi connectivity index (χ2n) is 5.42. The van der Waals surface area contributed by atoms with E-state index in [4.69, 9.17) is 10.8 Å². The Bertz CT molecular complexity index is 510. The summed E-state index contributed by atoms with van der Waals surface area (Å²) >= 11 is 0. The highest BCUT2D eigenvalue weighted by atomic mass is 15.0. The molecule has 1 fully saturated rings. The van der Waals surface area contributed by atoms with Crippen LogP contribution in [0.4, 0.5) is 5.69 Å². The minimum absolute atomic E-state index is 0.555. The van der Waals surface area contributed by atoms with Crippen LogP contribution in [0.1, 0.15) is 31.7 Å². The van der Waals surface area contributed by atoms with Gasteiger partial charge in [0.1, 0.15) is 0 Å². The van der Waals surface area contributed by atoms with Gasteiger partial charge >= 0.3 is 0 Å². The molecular weight excluding hydrogens is 260 g/mol. The topological polar surface area (TPSA) is 73.5 Å². The number of nitrogens with one attached hydrogen (secondary N) is 3. The number of nitrogens with two attached hydrogens (primary N) is 1. The highest BCUT2D eigenvalue weighted by molar-refractivity contribution is 6.15. The molecule has 112 valence electrons. The van der Waals surface area contributed by atoms with Gasteiger partial charge in [0.2, 0.25) is 0 Å². The highest BCUT2D eigenvalue weighted by Gasteiger charge is 2.12. The molecule has 2 rings (SSSR count). The average Bonchev–Trinajstić information content (AvgIpc) is 2.54. The van der Waals surface area contributed by atoms with Crippen LogP contribution in [0, 0.1) is 5.41 Å². The quantitative estimate of drug-likeness (QED) is 0.598. The van der Waals surface area contributed by atoms with Gasteiger partial charge in [0.05, 0.1) is 0 Å². The molecule has 1 aliphatic rings. The highest BCUT2D eigenvalue weighted by Crippen LogP contribution is 2.18.